The summed E-state index contributed by atoms with van der Waals surface area (Å²) in [6.07, 6.45) is 4.72. The molecule has 15 heavy (non-hydrogen) atoms. The van der Waals surface area contributed by atoms with E-state index in [2.05, 4.69) is 22.0 Å². The standard InChI is InChI=1S/C12H15BrO2/c1-15-12-9(7-14)6-8-4-2-3-5-10(8)11(12)13/h6,14H,2-5,7H2,1H3. The maximum absolute atomic E-state index is 9.27. The topological polar surface area (TPSA) is 29.5 Å². The van der Waals surface area contributed by atoms with Gasteiger partial charge in [-0.05, 0) is 58.8 Å². The monoisotopic (exact) mass is 270 g/mol. The molecule has 0 heterocycles. The predicted octanol–water partition coefficient (Wildman–Crippen LogP) is 2.83. The van der Waals surface area contributed by atoms with Gasteiger partial charge in [0, 0.05) is 5.56 Å². The van der Waals surface area contributed by atoms with Crippen molar-refractivity contribution in [3.05, 3.63) is 27.2 Å². The van der Waals surface area contributed by atoms with Crippen LogP contribution in [0, 0.1) is 0 Å². The third-order valence-electron chi connectivity index (χ3n) is 2.99. The molecular formula is C12H15BrO2. The van der Waals surface area contributed by atoms with Gasteiger partial charge in [0.25, 0.3) is 0 Å². The van der Waals surface area contributed by atoms with E-state index in [1.165, 1.54) is 24.0 Å². The van der Waals surface area contributed by atoms with E-state index in [1.54, 1.807) is 7.11 Å². The summed E-state index contributed by atoms with van der Waals surface area (Å²) in [7, 11) is 1.65. The molecule has 1 aliphatic rings. The van der Waals surface area contributed by atoms with Crippen molar-refractivity contribution in [1.82, 2.24) is 0 Å². The first kappa shape index (κ1) is 11.0. The third-order valence-corrected chi connectivity index (χ3v) is 3.83. The summed E-state index contributed by atoms with van der Waals surface area (Å²) < 4.78 is 6.36. The molecule has 0 aromatic heterocycles. The summed E-state index contributed by atoms with van der Waals surface area (Å²) in [6.45, 7) is 0.0368. The highest BCUT2D eigenvalue weighted by Gasteiger charge is 2.18. The fourth-order valence-corrected chi connectivity index (χ4v) is 3.10. The Bertz CT molecular complexity index is 360. The van der Waals surface area contributed by atoms with Crippen LogP contribution in [-0.2, 0) is 19.4 Å². The smallest absolute Gasteiger partial charge is 0.138 e. The third kappa shape index (κ3) is 1.91. The molecule has 0 unspecified atom stereocenters. The van der Waals surface area contributed by atoms with Gasteiger partial charge in [0.1, 0.15) is 5.75 Å². The number of aliphatic hydroxyl groups excluding tert-OH is 1. The fourth-order valence-electron chi connectivity index (χ4n) is 2.23. The van der Waals surface area contributed by atoms with E-state index in [1.807, 2.05) is 0 Å². The molecule has 2 rings (SSSR count). The van der Waals surface area contributed by atoms with E-state index in [9.17, 15) is 5.11 Å². The van der Waals surface area contributed by atoms with Gasteiger partial charge >= 0.3 is 0 Å². The first-order valence-electron chi connectivity index (χ1n) is 5.26. The molecule has 0 fully saturated rings. The quantitative estimate of drug-likeness (QED) is 0.896. The van der Waals surface area contributed by atoms with Gasteiger partial charge in [-0.1, -0.05) is 0 Å². The number of hydrogen-bond acceptors (Lipinski definition) is 2. The number of aliphatic hydroxyl groups is 1. The first-order chi connectivity index (χ1) is 7.27. The molecule has 82 valence electrons. The van der Waals surface area contributed by atoms with Crippen molar-refractivity contribution in [3.8, 4) is 5.75 Å². The van der Waals surface area contributed by atoms with Crippen molar-refractivity contribution in [1.29, 1.82) is 0 Å². The lowest BCUT2D eigenvalue weighted by Gasteiger charge is -2.21. The van der Waals surface area contributed by atoms with Gasteiger partial charge in [0.05, 0.1) is 18.2 Å². The van der Waals surface area contributed by atoms with Crippen LogP contribution in [0.1, 0.15) is 29.5 Å². The molecule has 0 saturated heterocycles. The van der Waals surface area contributed by atoms with Crippen LogP contribution in [-0.4, -0.2) is 12.2 Å². The Balaban J connectivity index is 2.57. The molecule has 1 aromatic carbocycles. The van der Waals surface area contributed by atoms with Crippen LogP contribution in [0.5, 0.6) is 5.75 Å². The second-order valence-corrected chi connectivity index (χ2v) is 4.68. The van der Waals surface area contributed by atoms with Crippen molar-refractivity contribution in [2.24, 2.45) is 0 Å². The molecule has 1 N–H and O–H groups in total. The van der Waals surface area contributed by atoms with Crippen molar-refractivity contribution in [2.45, 2.75) is 32.3 Å². The SMILES string of the molecule is COc1c(CO)cc2c(c1Br)CCCC2. The summed E-state index contributed by atoms with van der Waals surface area (Å²) in [6, 6.07) is 2.08. The molecule has 0 bridgehead atoms. The molecule has 3 heteroatoms. The van der Waals surface area contributed by atoms with Gasteiger partial charge in [-0.2, -0.15) is 0 Å². The number of methoxy groups -OCH3 is 1. The average molecular weight is 271 g/mol. The molecular weight excluding hydrogens is 256 g/mol. The molecule has 0 saturated carbocycles. The maximum atomic E-state index is 9.27. The van der Waals surface area contributed by atoms with Crippen LogP contribution in [0.2, 0.25) is 0 Å². The van der Waals surface area contributed by atoms with Gasteiger partial charge in [0.2, 0.25) is 0 Å². The van der Waals surface area contributed by atoms with Gasteiger partial charge < -0.3 is 9.84 Å². The normalized spacial score (nSPS) is 14.9. The molecule has 0 amide bonds. The van der Waals surface area contributed by atoms with E-state index in [4.69, 9.17) is 4.74 Å². The van der Waals surface area contributed by atoms with Gasteiger partial charge in [-0.15, -0.1) is 0 Å². The van der Waals surface area contributed by atoms with Crippen LogP contribution in [0.25, 0.3) is 0 Å². The van der Waals surface area contributed by atoms with Crippen molar-refractivity contribution < 1.29 is 9.84 Å². The van der Waals surface area contributed by atoms with E-state index in [0.29, 0.717) is 0 Å². The van der Waals surface area contributed by atoms with Gasteiger partial charge in [-0.3, -0.25) is 0 Å². The van der Waals surface area contributed by atoms with Crippen molar-refractivity contribution in [2.75, 3.05) is 7.11 Å². The maximum Gasteiger partial charge on any atom is 0.138 e. The molecule has 0 atom stereocenters. The highest BCUT2D eigenvalue weighted by Crippen LogP contribution is 2.38. The van der Waals surface area contributed by atoms with Crippen LogP contribution in [0.4, 0.5) is 0 Å². The summed E-state index contributed by atoms with van der Waals surface area (Å²) in [5.74, 6) is 0.790. The second-order valence-electron chi connectivity index (χ2n) is 3.89. The number of benzene rings is 1. The number of rotatable bonds is 2. The van der Waals surface area contributed by atoms with E-state index < -0.39 is 0 Å². The minimum Gasteiger partial charge on any atom is -0.495 e. The van der Waals surface area contributed by atoms with Crippen LogP contribution >= 0.6 is 15.9 Å². The minimum atomic E-state index is 0.0368. The summed E-state index contributed by atoms with van der Waals surface area (Å²) in [5.41, 5.74) is 3.60. The fraction of sp³-hybridized carbons (Fsp3) is 0.500. The highest BCUT2D eigenvalue weighted by atomic mass is 79.9. The molecule has 2 nitrogen and oxygen atoms in total. The van der Waals surface area contributed by atoms with E-state index in [0.717, 1.165) is 28.6 Å². The average Bonchev–Trinajstić information content (AvgIpc) is 2.29. The Labute approximate surface area is 98.4 Å². The lowest BCUT2D eigenvalue weighted by molar-refractivity contribution is 0.273. The van der Waals surface area contributed by atoms with Crippen LogP contribution < -0.4 is 4.74 Å². The van der Waals surface area contributed by atoms with E-state index >= 15 is 0 Å². The largest absolute Gasteiger partial charge is 0.495 e. The Hall–Kier alpha value is -0.540. The molecule has 1 aromatic rings. The Kier molecular flexibility index (Phi) is 3.32. The van der Waals surface area contributed by atoms with Crippen LogP contribution in [0.3, 0.4) is 0 Å². The number of aryl methyl sites for hydroxylation is 1. The molecule has 0 spiro atoms. The van der Waals surface area contributed by atoms with Crippen molar-refractivity contribution in [3.63, 3.8) is 0 Å². The van der Waals surface area contributed by atoms with E-state index in [-0.39, 0.29) is 6.61 Å². The van der Waals surface area contributed by atoms with Gasteiger partial charge in [-0.25, -0.2) is 0 Å². The highest BCUT2D eigenvalue weighted by molar-refractivity contribution is 9.10. The number of fused-ring (bicyclic) bond motifs is 1. The molecule has 0 radical (unpaired) electrons. The zero-order valence-electron chi connectivity index (χ0n) is 8.85. The minimum absolute atomic E-state index is 0.0368. The Morgan fingerprint density at radius 1 is 1.40 bits per heavy atom. The zero-order chi connectivity index (χ0) is 10.8. The van der Waals surface area contributed by atoms with Gasteiger partial charge in [0.15, 0.2) is 0 Å². The summed E-state index contributed by atoms with van der Waals surface area (Å²) in [5, 5.41) is 9.27. The Morgan fingerprint density at radius 2 is 2.13 bits per heavy atom. The number of hydrogen-bond donors (Lipinski definition) is 1. The van der Waals surface area contributed by atoms with Crippen molar-refractivity contribution >= 4 is 15.9 Å². The zero-order valence-corrected chi connectivity index (χ0v) is 10.4. The molecule has 0 aliphatic heterocycles. The first-order valence-corrected chi connectivity index (χ1v) is 6.05. The number of halogens is 1. The lowest BCUT2D eigenvalue weighted by atomic mass is 9.90. The molecule has 1 aliphatic carbocycles. The van der Waals surface area contributed by atoms with Crippen LogP contribution in [0.15, 0.2) is 10.5 Å². The summed E-state index contributed by atoms with van der Waals surface area (Å²) >= 11 is 3.58. The second kappa shape index (κ2) is 4.54. The predicted molar refractivity (Wildman–Crippen MR) is 63.3 cm³/mol. The number of ether oxygens (including phenoxy) is 1. The lowest BCUT2D eigenvalue weighted by Crippen LogP contribution is -2.07. The Morgan fingerprint density at radius 3 is 2.80 bits per heavy atom. The summed E-state index contributed by atoms with van der Waals surface area (Å²) in [4.78, 5) is 0.